The third-order valence-electron chi connectivity index (χ3n) is 4.03. The third kappa shape index (κ3) is 4.02. The van der Waals surface area contributed by atoms with Crippen molar-refractivity contribution >= 4 is 23.4 Å². The molecule has 1 aromatic rings. The molecule has 0 bridgehead atoms. The van der Waals surface area contributed by atoms with Crippen LogP contribution in [0.1, 0.15) is 32.8 Å². The molecule has 0 saturated carbocycles. The highest BCUT2D eigenvalue weighted by atomic mass is 35.5. The summed E-state index contributed by atoms with van der Waals surface area (Å²) >= 11 is 5.69. The van der Waals surface area contributed by atoms with E-state index in [4.69, 9.17) is 11.6 Å². The van der Waals surface area contributed by atoms with Crippen LogP contribution in [0.4, 0.5) is 4.39 Å². The highest BCUT2D eigenvalue weighted by Crippen LogP contribution is 2.23. The Morgan fingerprint density at radius 3 is 2.61 bits per heavy atom. The summed E-state index contributed by atoms with van der Waals surface area (Å²) in [6.07, 6.45) is 0.594. The Labute approximate surface area is 141 Å². The zero-order valence-corrected chi connectivity index (χ0v) is 14.4. The number of hydrogen-bond donors (Lipinski definition) is 0. The number of rotatable bonds is 5. The van der Waals surface area contributed by atoms with Gasteiger partial charge in [0.05, 0.1) is 11.6 Å². The molecule has 4 nitrogen and oxygen atoms in total. The van der Waals surface area contributed by atoms with Gasteiger partial charge in [0.15, 0.2) is 0 Å². The van der Waals surface area contributed by atoms with E-state index in [-0.39, 0.29) is 35.8 Å². The van der Waals surface area contributed by atoms with Crippen LogP contribution in [0.5, 0.6) is 0 Å². The van der Waals surface area contributed by atoms with Crippen LogP contribution >= 0.6 is 11.6 Å². The Hall–Kier alpha value is -1.62. The second-order valence-electron chi connectivity index (χ2n) is 6.27. The van der Waals surface area contributed by atoms with Crippen LogP contribution in [0.3, 0.4) is 0 Å². The average molecular weight is 341 g/mol. The largest absolute Gasteiger partial charge is 0.332 e. The number of halogens is 2. The summed E-state index contributed by atoms with van der Waals surface area (Å²) in [7, 11) is 0. The van der Waals surface area contributed by atoms with Crippen molar-refractivity contribution in [2.24, 2.45) is 5.92 Å². The van der Waals surface area contributed by atoms with Gasteiger partial charge in [0.25, 0.3) is 0 Å². The molecule has 6 heteroatoms. The van der Waals surface area contributed by atoms with Crippen LogP contribution in [0, 0.1) is 11.7 Å². The zero-order chi connectivity index (χ0) is 17.1. The van der Waals surface area contributed by atoms with Gasteiger partial charge in [-0.05, 0) is 37.0 Å². The second-order valence-corrected chi connectivity index (χ2v) is 6.68. The Morgan fingerprint density at radius 2 is 2.04 bits per heavy atom. The summed E-state index contributed by atoms with van der Waals surface area (Å²) in [5.41, 5.74) is 0.631. The standard InChI is InChI=1S/C17H22ClFN2O2/c1-4-20-10-16(22)21(15(17(20)23)7-11(2)3)9-12-5-6-13(18)14(19)8-12/h5-6,8,11,15H,4,7,9-10H2,1-3H3/t15-/m0/s1. The Kier molecular flexibility index (Phi) is 5.63. The van der Waals surface area contributed by atoms with Gasteiger partial charge in [0.1, 0.15) is 11.9 Å². The van der Waals surface area contributed by atoms with Crippen molar-refractivity contribution in [2.75, 3.05) is 13.1 Å². The number of carbonyl (C=O) groups is 2. The van der Waals surface area contributed by atoms with Gasteiger partial charge in [-0.3, -0.25) is 9.59 Å². The fourth-order valence-corrected chi connectivity index (χ4v) is 2.94. The zero-order valence-electron chi connectivity index (χ0n) is 13.7. The summed E-state index contributed by atoms with van der Waals surface area (Å²) in [5.74, 6) is -0.378. The van der Waals surface area contributed by atoms with Gasteiger partial charge in [-0.25, -0.2) is 4.39 Å². The van der Waals surface area contributed by atoms with E-state index in [1.54, 1.807) is 15.9 Å². The molecule has 1 heterocycles. The highest BCUT2D eigenvalue weighted by Gasteiger charge is 2.38. The van der Waals surface area contributed by atoms with Crippen molar-refractivity contribution in [1.82, 2.24) is 9.80 Å². The van der Waals surface area contributed by atoms with Gasteiger partial charge in [-0.1, -0.05) is 31.5 Å². The van der Waals surface area contributed by atoms with Gasteiger partial charge in [0.2, 0.25) is 11.8 Å². The smallest absolute Gasteiger partial charge is 0.245 e. The van der Waals surface area contributed by atoms with Crippen LogP contribution in [-0.2, 0) is 16.1 Å². The Morgan fingerprint density at radius 1 is 1.35 bits per heavy atom. The number of likely N-dealkylation sites (N-methyl/N-ethyl adjacent to an activating group) is 1. The number of carbonyl (C=O) groups excluding carboxylic acids is 2. The molecule has 0 radical (unpaired) electrons. The van der Waals surface area contributed by atoms with Gasteiger partial charge in [-0.2, -0.15) is 0 Å². The molecule has 1 aliphatic rings. The van der Waals surface area contributed by atoms with Crippen molar-refractivity contribution in [3.05, 3.63) is 34.6 Å². The molecule has 1 aliphatic heterocycles. The van der Waals surface area contributed by atoms with Crippen molar-refractivity contribution in [1.29, 1.82) is 0 Å². The average Bonchev–Trinajstić information content (AvgIpc) is 2.49. The van der Waals surface area contributed by atoms with Gasteiger partial charge >= 0.3 is 0 Å². The predicted molar refractivity (Wildman–Crippen MR) is 87.5 cm³/mol. The molecular weight excluding hydrogens is 319 g/mol. The van der Waals surface area contributed by atoms with Gasteiger partial charge in [0, 0.05) is 13.1 Å². The van der Waals surface area contributed by atoms with E-state index in [1.807, 2.05) is 20.8 Å². The second kappa shape index (κ2) is 7.30. The Bertz CT molecular complexity index is 606. The van der Waals surface area contributed by atoms with E-state index in [9.17, 15) is 14.0 Å². The fourth-order valence-electron chi connectivity index (χ4n) is 2.83. The molecule has 1 saturated heterocycles. The molecule has 0 spiro atoms. The summed E-state index contributed by atoms with van der Waals surface area (Å²) in [6.45, 7) is 6.71. The molecular formula is C17H22ClFN2O2. The lowest BCUT2D eigenvalue weighted by Gasteiger charge is -2.40. The quantitative estimate of drug-likeness (QED) is 0.826. The van der Waals surface area contributed by atoms with Crippen LogP contribution < -0.4 is 0 Å². The monoisotopic (exact) mass is 340 g/mol. The first-order chi connectivity index (χ1) is 10.8. The lowest BCUT2D eigenvalue weighted by molar-refractivity contribution is -0.157. The van der Waals surface area contributed by atoms with Gasteiger partial charge in [-0.15, -0.1) is 0 Å². The van der Waals surface area contributed by atoms with E-state index in [1.165, 1.54) is 12.1 Å². The number of amides is 2. The number of benzene rings is 1. The first-order valence-corrected chi connectivity index (χ1v) is 8.23. The molecule has 1 atom stereocenters. The molecule has 23 heavy (non-hydrogen) atoms. The van der Waals surface area contributed by atoms with Crippen molar-refractivity contribution in [3.63, 3.8) is 0 Å². The van der Waals surface area contributed by atoms with E-state index >= 15 is 0 Å². The van der Waals surface area contributed by atoms with E-state index in [0.29, 0.717) is 18.5 Å². The third-order valence-corrected chi connectivity index (χ3v) is 4.34. The molecule has 1 fully saturated rings. The van der Waals surface area contributed by atoms with Crippen LogP contribution in [0.15, 0.2) is 18.2 Å². The number of nitrogens with zero attached hydrogens (tertiary/aromatic N) is 2. The van der Waals surface area contributed by atoms with Crippen LogP contribution in [0.2, 0.25) is 5.02 Å². The van der Waals surface area contributed by atoms with Crippen LogP contribution in [-0.4, -0.2) is 40.7 Å². The molecule has 0 unspecified atom stereocenters. The summed E-state index contributed by atoms with van der Waals surface area (Å²) < 4.78 is 13.6. The topological polar surface area (TPSA) is 40.6 Å². The molecule has 0 aliphatic carbocycles. The van der Waals surface area contributed by atoms with E-state index < -0.39 is 11.9 Å². The minimum atomic E-state index is -0.518. The predicted octanol–water partition coefficient (Wildman–Crippen LogP) is 3.08. The maximum Gasteiger partial charge on any atom is 0.245 e. The summed E-state index contributed by atoms with van der Waals surface area (Å²) in [4.78, 5) is 28.2. The lowest BCUT2D eigenvalue weighted by atomic mass is 9.98. The van der Waals surface area contributed by atoms with Crippen molar-refractivity contribution < 1.29 is 14.0 Å². The first-order valence-electron chi connectivity index (χ1n) is 7.85. The van der Waals surface area contributed by atoms with Gasteiger partial charge < -0.3 is 9.80 Å². The molecule has 2 amide bonds. The summed E-state index contributed by atoms with van der Waals surface area (Å²) in [5, 5.41) is 0.0469. The van der Waals surface area contributed by atoms with E-state index in [2.05, 4.69) is 0 Å². The molecule has 0 aromatic heterocycles. The molecule has 126 valence electrons. The summed E-state index contributed by atoms with van der Waals surface area (Å²) in [6, 6.07) is 3.98. The molecule has 0 N–H and O–H groups in total. The number of hydrogen-bond acceptors (Lipinski definition) is 2. The highest BCUT2D eigenvalue weighted by molar-refractivity contribution is 6.30. The molecule has 1 aromatic carbocycles. The van der Waals surface area contributed by atoms with Crippen molar-refractivity contribution in [2.45, 2.75) is 39.8 Å². The molecule has 2 rings (SSSR count). The van der Waals surface area contributed by atoms with Crippen LogP contribution in [0.25, 0.3) is 0 Å². The van der Waals surface area contributed by atoms with E-state index in [0.717, 1.165) is 0 Å². The SMILES string of the molecule is CCN1CC(=O)N(Cc2ccc(Cl)c(F)c2)[C@@H](CC(C)C)C1=O. The fraction of sp³-hybridized carbons (Fsp3) is 0.529. The number of piperazine rings is 1. The maximum atomic E-state index is 13.6. The maximum absolute atomic E-state index is 13.6. The first kappa shape index (κ1) is 17.7. The Balaban J connectivity index is 2.26. The lowest BCUT2D eigenvalue weighted by Crippen LogP contribution is -2.59. The minimum absolute atomic E-state index is 0.0322. The minimum Gasteiger partial charge on any atom is -0.332 e. The normalized spacial score (nSPS) is 19.0. The van der Waals surface area contributed by atoms with Crippen molar-refractivity contribution in [3.8, 4) is 0 Å².